The van der Waals surface area contributed by atoms with Crippen LogP contribution in [0, 0.1) is 11.3 Å². The van der Waals surface area contributed by atoms with Crippen molar-refractivity contribution in [2.45, 2.75) is 113 Å². The van der Waals surface area contributed by atoms with Gasteiger partial charge in [-0.15, -0.1) is 0 Å². The Bertz CT molecular complexity index is 2090. The molecule has 1 aliphatic heterocycles. The number of pyridine rings is 1. The van der Waals surface area contributed by atoms with E-state index in [1.54, 1.807) is 60.0 Å². The molecule has 4 aromatic rings. The molecule has 0 atom stereocenters. The van der Waals surface area contributed by atoms with Crippen LogP contribution in [-0.4, -0.2) is 61.6 Å². The van der Waals surface area contributed by atoms with Gasteiger partial charge in [-0.2, -0.15) is 10.2 Å². The highest BCUT2D eigenvalue weighted by Crippen LogP contribution is 2.39. The molecule has 5 rings (SSSR count). The maximum atomic E-state index is 13.5. The minimum Gasteiger partial charge on any atom is -0.489 e. The van der Waals surface area contributed by atoms with Gasteiger partial charge >= 0.3 is 12.2 Å². The van der Waals surface area contributed by atoms with Crippen LogP contribution in [0.4, 0.5) is 15.4 Å². The monoisotopic (exact) mass is 810 g/mol. The van der Waals surface area contributed by atoms with Gasteiger partial charge in [0.25, 0.3) is 0 Å². The van der Waals surface area contributed by atoms with Crippen LogP contribution in [0.2, 0.25) is 0 Å². The second-order valence-electron chi connectivity index (χ2n) is 14.8. The average Bonchev–Trinajstić information content (AvgIpc) is 3.55. The Balaban J connectivity index is 0.00000172. The number of benzene rings is 1. The summed E-state index contributed by atoms with van der Waals surface area (Å²) in [7, 11) is 0. The molecule has 1 aliphatic rings. The maximum absolute atomic E-state index is 13.5. The Morgan fingerprint density at radius 2 is 1.67 bits per heavy atom. The maximum Gasteiger partial charge on any atom is 0.425 e. The minimum absolute atomic E-state index is 0.0164. The van der Waals surface area contributed by atoms with E-state index in [0.717, 1.165) is 39.2 Å². The molecule has 0 bridgehead atoms. The van der Waals surface area contributed by atoms with E-state index in [0.29, 0.717) is 41.6 Å². The Kier molecular flexibility index (Phi) is 17.7. The fraction of sp³-hybridized carbons (Fsp3) is 0.422. The molecular weight excluding hydrogens is 753 g/mol. The van der Waals surface area contributed by atoms with Crippen LogP contribution in [0.3, 0.4) is 0 Å². The number of anilines is 1. The molecule has 0 radical (unpaired) electrons. The first kappa shape index (κ1) is 46.9. The molecule has 3 aromatic heterocycles. The van der Waals surface area contributed by atoms with Crippen molar-refractivity contribution in [3.63, 3.8) is 0 Å². The molecule has 1 saturated heterocycles. The van der Waals surface area contributed by atoms with Crippen molar-refractivity contribution in [1.29, 1.82) is 5.26 Å². The molecule has 0 spiro atoms. The van der Waals surface area contributed by atoms with Gasteiger partial charge in [0.1, 0.15) is 34.8 Å². The number of nitriles is 1. The lowest BCUT2D eigenvalue weighted by Gasteiger charge is -2.28. The minimum atomic E-state index is -0.958. The van der Waals surface area contributed by atoms with Gasteiger partial charge in [0.2, 0.25) is 0 Å². The summed E-state index contributed by atoms with van der Waals surface area (Å²) in [5, 5.41) is 10.9. The standard InChI is InChI=1S/C40H44N6O6S.C3H8.C2H6/c1-9-11-12-29(10-2)53-46-33(32-24-42-25-35(44-32)45(37(47)51-39(3,4)5)38(48)52-40(6,7)8)22-31-30(15-18-43-36(31)46)26-13-14-34(27(21-26)23-41)50-28-16-19-49-20-17-28;1-3-2;1-2/h9-15,18,21-22,24-25,28H,1,16-17,19-20H2,2-8H3;3H2,1-2H3;1-2H3/b12-11-,29-10+;;. The van der Waals surface area contributed by atoms with Crippen molar-refractivity contribution >= 4 is 41.0 Å². The Morgan fingerprint density at radius 1 is 1.03 bits per heavy atom. The van der Waals surface area contributed by atoms with E-state index in [2.05, 4.69) is 31.5 Å². The van der Waals surface area contributed by atoms with E-state index in [9.17, 15) is 14.9 Å². The predicted molar refractivity (Wildman–Crippen MR) is 234 cm³/mol. The number of allylic oxidation sites excluding steroid dienone is 4. The van der Waals surface area contributed by atoms with Gasteiger partial charge in [-0.05, 0) is 102 Å². The summed E-state index contributed by atoms with van der Waals surface area (Å²) < 4.78 is 24.8. The molecule has 4 heterocycles. The van der Waals surface area contributed by atoms with Crippen LogP contribution in [0.25, 0.3) is 33.5 Å². The van der Waals surface area contributed by atoms with Crippen LogP contribution in [0.15, 0.2) is 84.7 Å². The quantitative estimate of drug-likeness (QED) is 0.149. The average molecular weight is 811 g/mol. The second-order valence-corrected chi connectivity index (χ2v) is 15.8. The molecule has 13 heteroatoms. The first-order valence-electron chi connectivity index (χ1n) is 19.6. The van der Waals surface area contributed by atoms with E-state index < -0.39 is 23.4 Å². The van der Waals surface area contributed by atoms with Crippen LogP contribution < -0.4 is 9.64 Å². The third-order valence-electron chi connectivity index (χ3n) is 7.68. The van der Waals surface area contributed by atoms with E-state index in [-0.39, 0.29) is 11.9 Å². The van der Waals surface area contributed by atoms with E-state index in [1.165, 1.54) is 24.6 Å². The highest BCUT2D eigenvalue weighted by molar-refractivity contribution is 8.02. The SMILES string of the molecule is C=C/C=C\C(=C/C)Sn1c(-c2cncc(N(C(=O)OC(C)(C)C)C(=O)OC(C)(C)C)n2)cc2c(-c3ccc(OC4CCOCC4)c(C#N)c3)ccnc21.CC.CCC. The normalized spacial score (nSPS) is 13.4. The topological polar surface area (TPSA) is 142 Å². The van der Waals surface area contributed by atoms with Gasteiger partial charge in [0.05, 0.1) is 36.9 Å². The number of ether oxygens (including phenoxy) is 4. The van der Waals surface area contributed by atoms with Gasteiger partial charge < -0.3 is 18.9 Å². The van der Waals surface area contributed by atoms with Crippen molar-refractivity contribution in [2.24, 2.45) is 0 Å². The summed E-state index contributed by atoms with van der Waals surface area (Å²) in [6.07, 6.45) is 12.8. The number of carbonyl (C=O) groups is 2. The molecule has 1 aromatic carbocycles. The number of nitrogens with zero attached hydrogens (tertiary/aromatic N) is 6. The zero-order valence-electron chi connectivity index (χ0n) is 35.8. The Morgan fingerprint density at radius 3 is 2.24 bits per heavy atom. The lowest BCUT2D eigenvalue weighted by molar-refractivity contribution is 0.0254. The summed E-state index contributed by atoms with van der Waals surface area (Å²) in [6.45, 7) is 25.4. The van der Waals surface area contributed by atoms with Crippen molar-refractivity contribution < 1.29 is 28.5 Å². The van der Waals surface area contributed by atoms with Crippen LogP contribution in [0.5, 0.6) is 5.75 Å². The first-order chi connectivity index (χ1) is 27.6. The van der Waals surface area contributed by atoms with Crippen molar-refractivity contribution in [2.75, 3.05) is 18.1 Å². The van der Waals surface area contributed by atoms with Gasteiger partial charge in [-0.25, -0.2) is 19.6 Å². The highest BCUT2D eigenvalue weighted by atomic mass is 32.2. The Labute approximate surface area is 348 Å². The molecule has 0 N–H and O–H groups in total. The van der Waals surface area contributed by atoms with Gasteiger partial charge in [-0.1, -0.05) is 65.0 Å². The predicted octanol–water partition coefficient (Wildman–Crippen LogP) is 11.9. The number of amides is 2. The number of imide groups is 1. The van der Waals surface area contributed by atoms with Gasteiger partial charge in [0.15, 0.2) is 11.5 Å². The summed E-state index contributed by atoms with van der Waals surface area (Å²) in [4.78, 5) is 42.5. The number of hydrogen-bond donors (Lipinski definition) is 0. The largest absolute Gasteiger partial charge is 0.489 e. The smallest absolute Gasteiger partial charge is 0.425 e. The Hall–Kier alpha value is -5.45. The molecule has 310 valence electrons. The van der Waals surface area contributed by atoms with Crippen molar-refractivity contribution in [3.8, 4) is 34.3 Å². The summed E-state index contributed by atoms with van der Waals surface area (Å²) >= 11 is 1.40. The number of carbonyl (C=O) groups excluding carboxylic acids is 2. The second kappa shape index (κ2) is 21.9. The molecule has 0 unspecified atom stereocenters. The lowest BCUT2D eigenvalue weighted by atomic mass is 10.0. The lowest BCUT2D eigenvalue weighted by Crippen LogP contribution is -2.44. The van der Waals surface area contributed by atoms with E-state index in [4.69, 9.17) is 28.9 Å². The third-order valence-corrected chi connectivity index (χ3v) is 8.81. The van der Waals surface area contributed by atoms with E-state index >= 15 is 0 Å². The molecule has 2 amide bonds. The van der Waals surface area contributed by atoms with E-state index in [1.807, 2.05) is 73.3 Å². The summed E-state index contributed by atoms with van der Waals surface area (Å²) in [5.41, 5.74) is 1.75. The third kappa shape index (κ3) is 13.0. The van der Waals surface area contributed by atoms with Crippen molar-refractivity contribution in [3.05, 3.63) is 90.3 Å². The summed E-state index contributed by atoms with van der Waals surface area (Å²) in [5.74, 6) is 0.443. The fourth-order valence-electron chi connectivity index (χ4n) is 5.37. The molecule has 12 nitrogen and oxygen atoms in total. The van der Waals surface area contributed by atoms with Gasteiger partial charge in [-0.3, -0.25) is 8.96 Å². The van der Waals surface area contributed by atoms with Crippen LogP contribution >= 0.6 is 11.9 Å². The van der Waals surface area contributed by atoms with Gasteiger partial charge in [0, 0.05) is 29.3 Å². The van der Waals surface area contributed by atoms with Crippen LogP contribution in [0.1, 0.15) is 101 Å². The number of rotatable bonds is 9. The zero-order chi connectivity index (χ0) is 43.0. The first-order valence-corrected chi connectivity index (χ1v) is 20.4. The molecule has 1 fully saturated rings. The fourth-order valence-corrected chi connectivity index (χ4v) is 6.30. The number of hydrogen-bond acceptors (Lipinski definition) is 11. The van der Waals surface area contributed by atoms with Crippen molar-refractivity contribution in [1.82, 2.24) is 18.9 Å². The highest BCUT2D eigenvalue weighted by Gasteiger charge is 2.34. The molecule has 0 saturated carbocycles. The molecule has 58 heavy (non-hydrogen) atoms. The molecular formula is C45H58N6O6S. The zero-order valence-corrected chi connectivity index (χ0v) is 36.6. The number of aromatic nitrogens is 4. The van der Waals surface area contributed by atoms with Crippen LogP contribution in [-0.2, 0) is 14.2 Å². The number of fused-ring (bicyclic) bond motifs is 1. The molecule has 0 aliphatic carbocycles. The summed E-state index contributed by atoms with van der Waals surface area (Å²) in [6, 6.07) is 11.7.